The van der Waals surface area contributed by atoms with Crippen LogP contribution in [0.3, 0.4) is 0 Å². The molecule has 7 heterocycles. The number of hydrogen-bond acceptors (Lipinski definition) is 11. The Bertz CT molecular complexity index is 2240. The summed E-state index contributed by atoms with van der Waals surface area (Å²) >= 11 is 6.42. The highest BCUT2D eigenvalue weighted by atomic mass is 35.5. The zero-order valence-electron chi connectivity index (χ0n) is 32.0. The summed E-state index contributed by atoms with van der Waals surface area (Å²) < 4.78 is 1.53. The molecule has 0 radical (unpaired) electrons. The fourth-order valence-corrected chi connectivity index (χ4v) is 9.43. The maximum Gasteiger partial charge on any atom is 0.328 e. The molecule has 4 saturated heterocycles. The van der Waals surface area contributed by atoms with Crippen molar-refractivity contribution in [1.29, 1.82) is 0 Å². The second-order valence-electron chi connectivity index (χ2n) is 15.6. The van der Waals surface area contributed by atoms with E-state index in [9.17, 15) is 19.2 Å². The average molecular weight is 795 g/mol. The molecule has 0 aliphatic carbocycles. The van der Waals surface area contributed by atoms with Crippen molar-refractivity contribution in [3.8, 4) is 0 Å². The van der Waals surface area contributed by atoms with Crippen molar-refractivity contribution >= 4 is 69.6 Å². The molecule has 0 unspecified atom stereocenters. The summed E-state index contributed by atoms with van der Waals surface area (Å²) in [7, 11) is 1.83. The minimum atomic E-state index is -0.570. The third-order valence-electron chi connectivity index (χ3n) is 12.3. The maximum atomic E-state index is 13.5. The van der Waals surface area contributed by atoms with Crippen LogP contribution in [0.2, 0.25) is 5.02 Å². The number of hydrogen-bond donors (Lipinski definition) is 3. The van der Waals surface area contributed by atoms with E-state index < -0.39 is 11.9 Å². The van der Waals surface area contributed by atoms with E-state index in [1.165, 1.54) is 26.9 Å². The van der Waals surface area contributed by atoms with Gasteiger partial charge in [0.05, 0.1) is 22.6 Å². The Balaban J connectivity index is 0.753. The predicted molar refractivity (Wildman–Crippen MR) is 218 cm³/mol. The van der Waals surface area contributed by atoms with Gasteiger partial charge in [-0.3, -0.25) is 29.5 Å². The highest BCUT2D eigenvalue weighted by molar-refractivity contribution is 6.34. The van der Waals surface area contributed by atoms with Gasteiger partial charge in [-0.05, 0) is 49.6 Å². The van der Waals surface area contributed by atoms with Gasteiger partial charge in [0.2, 0.25) is 5.91 Å². The number of aromatic nitrogens is 3. The number of carbonyl (C=O) groups is 4. The molecular formula is C40H47ClN12O4. The fourth-order valence-electron chi connectivity index (χ4n) is 9.21. The van der Waals surface area contributed by atoms with Crippen LogP contribution >= 0.6 is 11.6 Å². The van der Waals surface area contributed by atoms with Crippen molar-refractivity contribution in [3.63, 3.8) is 0 Å². The number of piperazine rings is 1. The van der Waals surface area contributed by atoms with Gasteiger partial charge in [-0.15, -0.1) is 5.10 Å². The van der Waals surface area contributed by atoms with E-state index in [-0.39, 0.29) is 30.5 Å². The lowest BCUT2D eigenvalue weighted by Gasteiger charge is -2.47. The topological polar surface area (TPSA) is 168 Å². The van der Waals surface area contributed by atoms with E-state index in [1.54, 1.807) is 18.2 Å². The number of benzene rings is 2. The van der Waals surface area contributed by atoms with Gasteiger partial charge in [-0.25, -0.2) is 14.3 Å². The molecule has 5 aliphatic heterocycles. The standard InChI is InChI=1S/C40H47ClN12O4/c1-43-30-20-35(46-53-34(37(42)55)21-44-38(30)53)51-13-9-28-31(3-2-4-32(28)51)50-23-25(24-50)22-47-15-17-48(18-16-47)27-7-11-49(12-8-27)39(56)26-5-6-29(41)33(19-26)52-14-10-36(54)45-40(52)57/h2-6,19-21,25,27,43H,7-18,22-24H2,1H3,(H2,42,55)(H,45,54,57). The van der Waals surface area contributed by atoms with E-state index in [0.717, 1.165) is 88.8 Å². The van der Waals surface area contributed by atoms with Crippen LogP contribution in [0.4, 0.5) is 33.4 Å². The number of likely N-dealkylation sites (tertiary alicyclic amines) is 1. The molecule has 0 spiro atoms. The van der Waals surface area contributed by atoms with Crippen molar-refractivity contribution in [3.05, 3.63) is 70.5 Å². The van der Waals surface area contributed by atoms with Gasteiger partial charge in [0.25, 0.3) is 11.8 Å². The van der Waals surface area contributed by atoms with Gasteiger partial charge in [0.15, 0.2) is 11.5 Å². The average Bonchev–Trinajstić information content (AvgIpc) is 3.85. The minimum absolute atomic E-state index is 0.0650. The molecule has 9 rings (SSSR count). The van der Waals surface area contributed by atoms with Gasteiger partial charge >= 0.3 is 6.03 Å². The monoisotopic (exact) mass is 794 g/mol. The molecule has 0 bridgehead atoms. The first-order valence-electron chi connectivity index (χ1n) is 19.8. The van der Waals surface area contributed by atoms with Gasteiger partial charge in [-0.1, -0.05) is 17.7 Å². The molecule has 298 valence electrons. The lowest BCUT2D eigenvalue weighted by molar-refractivity contribution is -0.120. The smallest absolute Gasteiger partial charge is 0.328 e. The van der Waals surface area contributed by atoms with Gasteiger partial charge < -0.3 is 30.7 Å². The molecule has 4 fully saturated rings. The second-order valence-corrected chi connectivity index (χ2v) is 16.0. The quantitative estimate of drug-likeness (QED) is 0.228. The van der Waals surface area contributed by atoms with Crippen molar-refractivity contribution < 1.29 is 19.2 Å². The summed E-state index contributed by atoms with van der Waals surface area (Å²) in [5, 5.41) is 10.7. The Morgan fingerprint density at radius 1 is 0.912 bits per heavy atom. The van der Waals surface area contributed by atoms with Crippen molar-refractivity contribution in [1.82, 2.24) is 34.6 Å². The highest BCUT2D eigenvalue weighted by Crippen LogP contribution is 2.42. The summed E-state index contributed by atoms with van der Waals surface area (Å²) in [6, 6.07) is 13.4. The molecule has 17 heteroatoms. The van der Waals surface area contributed by atoms with Crippen molar-refractivity contribution in [2.75, 3.05) is 99.1 Å². The van der Waals surface area contributed by atoms with Crippen LogP contribution in [0.1, 0.15) is 45.7 Å². The van der Waals surface area contributed by atoms with Gasteiger partial charge in [0, 0.05) is 126 Å². The number of nitrogens with two attached hydrogens (primary N) is 1. The summed E-state index contributed by atoms with van der Waals surface area (Å²) in [6.07, 6.45) is 4.42. The second kappa shape index (κ2) is 15.1. The van der Waals surface area contributed by atoms with Crippen LogP contribution in [0.15, 0.2) is 48.7 Å². The van der Waals surface area contributed by atoms with Crippen LogP contribution in [-0.2, 0) is 11.2 Å². The maximum absolute atomic E-state index is 13.5. The van der Waals surface area contributed by atoms with E-state index >= 15 is 0 Å². The zero-order valence-corrected chi connectivity index (χ0v) is 32.7. The number of anilines is 5. The highest BCUT2D eigenvalue weighted by Gasteiger charge is 2.36. The van der Waals surface area contributed by atoms with E-state index in [0.29, 0.717) is 47.0 Å². The lowest BCUT2D eigenvalue weighted by Crippen LogP contribution is -2.57. The molecular weight excluding hydrogens is 748 g/mol. The van der Waals surface area contributed by atoms with E-state index in [4.69, 9.17) is 22.4 Å². The molecule has 0 saturated carbocycles. The molecule has 4 aromatic rings. The Labute approximate surface area is 335 Å². The minimum Gasteiger partial charge on any atom is -0.385 e. The first-order chi connectivity index (χ1) is 27.6. The number of amides is 5. The summed E-state index contributed by atoms with van der Waals surface area (Å²) in [4.78, 5) is 67.3. The van der Waals surface area contributed by atoms with Crippen molar-refractivity contribution in [2.45, 2.75) is 31.7 Å². The SMILES string of the molecule is CNc1cc(N2CCc3c(N4CC(CN5CCN(C6CCN(C(=O)c7ccc(Cl)c(N8CCC(=O)NC8=O)c7)CC6)CC5)C4)cccc32)nn2c(C(N)=O)cnc12. The van der Waals surface area contributed by atoms with Crippen molar-refractivity contribution in [2.24, 2.45) is 11.7 Å². The number of piperidine rings is 1. The molecule has 2 aromatic heterocycles. The molecule has 57 heavy (non-hydrogen) atoms. The number of carbonyl (C=O) groups excluding carboxylic acids is 4. The summed E-state index contributed by atoms with van der Waals surface area (Å²) in [5.74, 6) is 0.406. The first-order valence-corrected chi connectivity index (χ1v) is 20.2. The number of nitrogens with zero attached hydrogens (tertiary/aromatic N) is 9. The number of halogens is 1. The fraction of sp³-hybridized carbons (Fsp3) is 0.450. The Hall–Kier alpha value is -5.45. The Morgan fingerprint density at radius 2 is 1.67 bits per heavy atom. The third-order valence-corrected chi connectivity index (χ3v) is 12.6. The molecule has 16 nitrogen and oxygen atoms in total. The predicted octanol–water partition coefficient (Wildman–Crippen LogP) is 3.02. The normalized spacial score (nSPS) is 19.9. The molecule has 5 amide bonds. The van der Waals surface area contributed by atoms with E-state index in [2.05, 4.69) is 53.4 Å². The number of imide groups is 1. The molecule has 5 aliphatic rings. The summed E-state index contributed by atoms with van der Waals surface area (Å²) in [6.45, 7) is 9.72. The van der Waals surface area contributed by atoms with Crippen LogP contribution < -0.4 is 31.1 Å². The van der Waals surface area contributed by atoms with Crippen LogP contribution in [-0.4, -0.2) is 138 Å². The Morgan fingerprint density at radius 3 is 2.40 bits per heavy atom. The van der Waals surface area contributed by atoms with Crippen LogP contribution in [0, 0.1) is 5.92 Å². The number of nitrogens with one attached hydrogen (secondary N) is 2. The number of primary amides is 1. The van der Waals surface area contributed by atoms with Crippen LogP contribution in [0.5, 0.6) is 0 Å². The number of imidazole rings is 1. The lowest BCUT2D eigenvalue weighted by atomic mass is 9.96. The number of rotatable bonds is 9. The van der Waals surface area contributed by atoms with Crippen LogP contribution in [0.25, 0.3) is 5.65 Å². The van der Waals surface area contributed by atoms with Gasteiger partial charge in [-0.2, -0.15) is 0 Å². The summed E-state index contributed by atoms with van der Waals surface area (Å²) in [5.41, 5.74) is 11.9. The number of fused-ring (bicyclic) bond motifs is 2. The molecule has 2 aromatic carbocycles. The van der Waals surface area contributed by atoms with Gasteiger partial charge in [0.1, 0.15) is 5.69 Å². The third kappa shape index (κ3) is 6.99. The Kier molecular flexibility index (Phi) is 9.86. The van der Waals surface area contributed by atoms with E-state index in [1.807, 2.05) is 18.0 Å². The number of urea groups is 1. The first kappa shape index (κ1) is 37.1. The molecule has 4 N–H and O–H groups in total. The zero-order chi connectivity index (χ0) is 39.4. The largest absolute Gasteiger partial charge is 0.385 e. The molecule has 0 atom stereocenters.